The first-order valence-corrected chi connectivity index (χ1v) is 7.54. The minimum atomic E-state index is -0.140. The number of rotatable bonds is 3. The van der Waals surface area contributed by atoms with Gasteiger partial charge in [0.05, 0.1) is 11.3 Å². The van der Waals surface area contributed by atoms with Gasteiger partial charge in [-0.25, -0.2) is 0 Å². The molecule has 1 aromatic carbocycles. The quantitative estimate of drug-likeness (QED) is 0.779. The van der Waals surface area contributed by atoms with E-state index in [0.717, 1.165) is 16.8 Å². The molecule has 0 atom stereocenters. The van der Waals surface area contributed by atoms with Crippen LogP contribution < -0.4 is 5.32 Å². The smallest absolute Gasteiger partial charge is 0.257 e. The summed E-state index contributed by atoms with van der Waals surface area (Å²) in [5, 5.41) is 6.93. The second kappa shape index (κ2) is 5.89. The number of nitrogens with one attached hydrogen (secondary N) is 1. The van der Waals surface area contributed by atoms with E-state index in [0.29, 0.717) is 11.3 Å². The van der Waals surface area contributed by atoms with Crippen molar-refractivity contribution in [3.05, 3.63) is 70.5 Å². The molecule has 3 nitrogen and oxygen atoms in total. The summed E-state index contributed by atoms with van der Waals surface area (Å²) in [6.45, 7) is 1.97. The van der Waals surface area contributed by atoms with Crippen LogP contribution in [-0.4, -0.2) is 10.9 Å². The number of thiophene rings is 1. The van der Waals surface area contributed by atoms with Crippen molar-refractivity contribution in [2.75, 3.05) is 5.32 Å². The Labute approximate surface area is 127 Å². The van der Waals surface area contributed by atoms with Crippen LogP contribution in [0.25, 0.3) is 11.3 Å². The summed E-state index contributed by atoms with van der Waals surface area (Å²) in [6, 6.07) is 13.3. The average Bonchev–Trinajstić information content (AvgIpc) is 3.04. The van der Waals surface area contributed by atoms with Gasteiger partial charge in [0.15, 0.2) is 0 Å². The second-order valence-electron chi connectivity index (χ2n) is 4.68. The molecule has 3 rings (SSSR count). The fourth-order valence-corrected chi connectivity index (χ4v) is 2.76. The number of aromatic nitrogens is 1. The minimum absolute atomic E-state index is 0.140. The summed E-state index contributed by atoms with van der Waals surface area (Å²) in [5.74, 6) is -0.140. The Kier molecular flexibility index (Phi) is 3.79. The van der Waals surface area contributed by atoms with Crippen LogP contribution in [0.3, 0.4) is 0 Å². The standard InChI is InChI=1S/C17H14N2OS/c1-12-5-2-3-7-15(12)19-17(20)14-6-4-9-18-16(14)13-8-10-21-11-13/h2-11H,1H3,(H,19,20). The Hall–Kier alpha value is -2.46. The van der Waals surface area contributed by atoms with E-state index in [4.69, 9.17) is 0 Å². The summed E-state index contributed by atoms with van der Waals surface area (Å²) in [4.78, 5) is 16.9. The van der Waals surface area contributed by atoms with E-state index in [2.05, 4.69) is 10.3 Å². The first kappa shape index (κ1) is 13.5. The Bertz CT molecular complexity index is 766. The molecule has 4 heteroatoms. The van der Waals surface area contributed by atoms with Crippen LogP contribution in [0.4, 0.5) is 5.69 Å². The number of aryl methyl sites for hydroxylation is 1. The van der Waals surface area contributed by atoms with Crippen molar-refractivity contribution in [2.45, 2.75) is 6.92 Å². The lowest BCUT2D eigenvalue weighted by molar-refractivity contribution is 0.102. The summed E-state index contributed by atoms with van der Waals surface area (Å²) < 4.78 is 0. The predicted molar refractivity (Wildman–Crippen MR) is 86.7 cm³/mol. The molecular formula is C17H14N2OS. The third-order valence-electron chi connectivity index (χ3n) is 3.24. The number of benzene rings is 1. The number of hydrogen-bond acceptors (Lipinski definition) is 3. The molecule has 3 aromatic rings. The molecule has 2 aromatic heterocycles. The number of hydrogen-bond donors (Lipinski definition) is 1. The molecule has 0 aliphatic heterocycles. The first-order chi connectivity index (χ1) is 10.3. The number of pyridine rings is 1. The molecule has 0 unspecified atom stereocenters. The molecule has 0 aliphatic carbocycles. The van der Waals surface area contributed by atoms with Gasteiger partial charge in [-0.2, -0.15) is 11.3 Å². The summed E-state index contributed by atoms with van der Waals surface area (Å²) in [5.41, 5.74) is 4.12. The highest BCUT2D eigenvalue weighted by Gasteiger charge is 2.14. The molecule has 2 heterocycles. The third kappa shape index (κ3) is 2.85. The zero-order chi connectivity index (χ0) is 14.7. The normalized spacial score (nSPS) is 10.3. The van der Waals surface area contributed by atoms with E-state index in [1.54, 1.807) is 29.7 Å². The van der Waals surface area contributed by atoms with Gasteiger partial charge in [-0.3, -0.25) is 9.78 Å². The van der Waals surface area contributed by atoms with Crippen molar-refractivity contribution < 1.29 is 4.79 Å². The monoisotopic (exact) mass is 294 g/mol. The van der Waals surface area contributed by atoms with Crippen LogP contribution in [0.15, 0.2) is 59.4 Å². The predicted octanol–water partition coefficient (Wildman–Crippen LogP) is 4.37. The summed E-state index contributed by atoms with van der Waals surface area (Å²) in [6.07, 6.45) is 1.71. The molecule has 0 bridgehead atoms. The topological polar surface area (TPSA) is 42.0 Å². The number of anilines is 1. The SMILES string of the molecule is Cc1ccccc1NC(=O)c1cccnc1-c1ccsc1. The second-order valence-corrected chi connectivity index (χ2v) is 5.46. The molecule has 0 aliphatic rings. The first-order valence-electron chi connectivity index (χ1n) is 6.60. The van der Waals surface area contributed by atoms with E-state index in [1.807, 2.05) is 48.0 Å². The zero-order valence-electron chi connectivity index (χ0n) is 11.5. The maximum Gasteiger partial charge on any atom is 0.257 e. The zero-order valence-corrected chi connectivity index (χ0v) is 12.4. The van der Waals surface area contributed by atoms with Crippen molar-refractivity contribution in [1.82, 2.24) is 4.98 Å². The van der Waals surface area contributed by atoms with Crippen LogP contribution in [0.2, 0.25) is 0 Å². The van der Waals surface area contributed by atoms with Gasteiger partial charge in [0.25, 0.3) is 5.91 Å². The fraction of sp³-hybridized carbons (Fsp3) is 0.0588. The lowest BCUT2D eigenvalue weighted by Gasteiger charge is -2.10. The van der Waals surface area contributed by atoms with Crippen LogP contribution in [0.1, 0.15) is 15.9 Å². The van der Waals surface area contributed by atoms with E-state index in [9.17, 15) is 4.79 Å². The van der Waals surface area contributed by atoms with E-state index >= 15 is 0 Å². The Morgan fingerprint density at radius 3 is 2.76 bits per heavy atom. The largest absolute Gasteiger partial charge is 0.322 e. The van der Waals surface area contributed by atoms with Crippen LogP contribution in [-0.2, 0) is 0 Å². The maximum atomic E-state index is 12.5. The van der Waals surface area contributed by atoms with Gasteiger partial charge in [0, 0.05) is 22.8 Å². The van der Waals surface area contributed by atoms with E-state index in [-0.39, 0.29) is 5.91 Å². The molecule has 0 saturated heterocycles. The fourth-order valence-electron chi connectivity index (χ4n) is 2.12. The third-order valence-corrected chi connectivity index (χ3v) is 3.92. The van der Waals surface area contributed by atoms with Crippen molar-refractivity contribution in [3.8, 4) is 11.3 Å². The lowest BCUT2D eigenvalue weighted by Crippen LogP contribution is -2.14. The van der Waals surface area contributed by atoms with Crippen molar-refractivity contribution in [2.24, 2.45) is 0 Å². The summed E-state index contributed by atoms with van der Waals surface area (Å²) >= 11 is 1.59. The minimum Gasteiger partial charge on any atom is -0.322 e. The van der Waals surface area contributed by atoms with Crippen LogP contribution >= 0.6 is 11.3 Å². The Morgan fingerprint density at radius 2 is 2.00 bits per heavy atom. The van der Waals surface area contributed by atoms with Gasteiger partial charge in [0.1, 0.15) is 0 Å². The highest BCUT2D eigenvalue weighted by atomic mass is 32.1. The van der Waals surface area contributed by atoms with Crippen LogP contribution in [0, 0.1) is 6.92 Å². The van der Waals surface area contributed by atoms with Gasteiger partial charge >= 0.3 is 0 Å². The van der Waals surface area contributed by atoms with Gasteiger partial charge in [-0.05, 0) is 42.1 Å². The highest BCUT2D eigenvalue weighted by molar-refractivity contribution is 7.08. The average molecular weight is 294 g/mol. The van der Waals surface area contributed by atoms with Crippen molar-refractivity contribution in [3.63, 3.8) is 0 Å². The Balaban J connectivity index is 1.94. The molecule has 104 valence electrons. The van der Waals surface area contributed by atoms with Crippen LogP contribution in [0.5, 0.6) is 0 Å². The van der Waals surface area contributed by atoms with Crippen molar-refractivity contribution in [1.29, 1.82) is 0 Å². The molecular weight excluding hydrogens is 280 g/mol. The molecule has 21 heavy (non-hydrogen) atoms. The van der Waals surface area contributed by atoms with Gasteiger partial charge in [-0.1, -0.05) is 18.2 Å². The molecule has 1 N–H and O–H groups in total. The van der Waals surface area contributed by atoms with E-state index in [1.165, 1.54) is 0 Å². The number of carbonyl (C=O) groups excluding carboxylic acids is 1. The van der Waals surface area contributed by atoms with E-state index < -0.39 is 0 Å². The number of carbonyl (C=O) groups is 1. The Morgan fingerprint density at radius 1 is 1.14 bits per heavy atom. The number of nitrogens with zero attached hydrogens (tertiary/aromatic N) is 1. The molecule has 0 spiro atoms. The number of amides is 1. The van der Waals surface area contributed by atoms with Gasteiger partial charge < -0.3 is 5.32 Å². The highest BCUT2D eigenvalue weighted by Crippen LogP contribution is 2.24. The number of para-hydroxylation sites is 1. The molecule has 0 fully saturated rings. The molecule has 1 amide bonds. The van der Waals surface area contributed by atoms with Gasteiger partial charge in [-0.15, -0.1) is 0 Å². The lowest BCUT2D eigenvalue weighted by atomic mass is 10.1. The van der Waals surface area contributed by atoms with Gasteiger partial charge in [0.2, 0.25) is 0 Å². The summed E-state index contributed by atoms with van der Waals surface area (Å²) in [7, 11) is 0. The molecule has 0 saturated carbocycles. The van der Waals surface area contributed by atoms with Crippen molar-refractivity contribution >= 4 is 22.9 Å². The molecule has 0 radical (unpaired) electrons. The maximum absolute atomic E-state index is 12.5.